The molecule has 3 aromatic rings. The van der Waals surface area contributed by atoms with Gasteiger partial charge in [-0.05, 0) is 66.1 Å². The molecule has 0 unspecified atom stereocenters. The second-order valence-corrected chi connectivity index (χ2v) is 9.41. The van der Waals surface area contributed by atoms with Crippen LogP contribution in [0.1, 0.15) is 21.8 Å². The minimum Gasteiger partial charge on any atom is -0.369 e. The van der Waals surface area contributed by atoms with E-state index < -0.39 is 5.82 Å². The van der Waals surface area contributed by atoms with Crippen molar-refractivity contribution in [2.45, 2.75) is 5.92 Å². The van der Waals surface area contributed by atoms with Crippen molar-refractivity contribution in [1.29, 1.82) is 0 Å². The fraction of sp³-hybridized carbons (Fsp3) is 0.321. The second kappa shape index (κ2) is 10.1. The molecule has 2 aliphatic heterocycles. The molecule has 7 heteroatoms. The highest BCUT2D eigenvalue weighted by Gasteiger charge is 2.38. The number of hydrogen-bond acceptors (Lipinski definition) is 3. The van der Waals surface area contributed by atoms with Crippen LogP contribution >= 0.6 is 0 Å². The third-order valence-electron chi connectivity index (χ3n) is 7.13. The maximum absolute atomic E-state index is 14.0. The van der Waals surface area contributed by atoms with Gasteiger partial charge in [-0.15, -0.1) is 0 Å². The highest BCUT2D eigenvalue weighted by atomic mass is 19.1. The number of amides is 1. The summed E-state index contributed by atoms with van der Waals surface area (Å²) in [6.45, 7) is 5.14. The number of carbonyl (C=O) groups is 1. The van der Waals surface area contributed by atoms with E-state index in [4.69, 9.17) is 0 Å². The number of halogens is 3. The molecular weight excluding hydrogens is 451 g/mol. The number of rotatable bonds is 5. The minimum absolute atomic E-state index is 0.00154. The van der Waals surface area contributed by atoms with Gasteiger partial charge in [0.2, 0.25) is 0 Å². The van der Waals surface area contributed by atoms with Crippen molar-refractivity contribution in [3.05, 3.63) is 101 Å². The van der Waals surface area contributed by atoms with Crippen LogP contribution in [0.4, 0.5) is 18.9 Å². The van der Waals surface area contributed by atoms with Crippen molar-refractivity contribution < 1.29 is 18.0 Å². The van der Waals surface area contributed by atoms with E-state index in [2.05, 4.69) is 9.80 Å². The molecule has 0 radical (unpaired) electrons. The monoisotopic (exact) mass is 479 g/mol. The van der Waals surface area contributed by atoms with Crippen molar-refractivity contribution in [2.24, 2.45) is 5.92 Å². The lowest BCUT2D eigenvalue weighted by molar-refractivity contribution is 0.0782. The average molecular weight is 480 g/mol. The van der Waals surface area contributed by atoms with Crippen LogP contribution in [-0.4, -0.2) is 61.5 Å². The fourth-order valence-electron chi connectivity index (χ4n) is 5.31. The summed E-state index contributed by atoms with van der Waals surface area (Å²) in [5.74, 6) is -1.04. The van der Waals surface area contributed by atoms with Crippen LogP contribution in [0.25, 0.3) is 0 Å². The molecule has 0 aromatic heterocycles. The van der Waals surface area contributed by atoms with Gasteiger partial charge in [0.15, 0.2) is 0 Å². The number of nitrogens with zero attached hydrogens (tertiary/aromatic N) is 3. The Morgan fingerprint density at radius 3 is 2.14 bits per heavy atom. The molecule has 0 N–H and O–H groups in total. The topological polar surface area (TPSA) is 26.8 Å². The lowest BCUT2D eigenvalue weighted by atomic mass is 9.88. The zero-order valence-electron chi connectivity index (χ0n) is 19.4. The normalized spacial score (nSPS) is 20.9. The first kappa shape index (κ1) is 23.4. The van der Waals surface area contributed by atoms with E-state index in [0.717, 1.165) is 44.0 Å². The van der Waals surface area contributed by atoms with Crippen LogP contribution in [0.15, 0.2) is 72.8 Å². The van der Waals surface area contributed by atoms with Crippen LogP contribution < -0.4 is 4.90 Å². The summed E-state index contributed by atoms with van der Waals surface area (Å²) >= 11 is 0. The molecule has 5 rings (SSSR count). The molecule has 182 valence electrons. The molecule has 2 aliphatic rings. The van der Waals surface area contributed by atoms with Gasteiger partial charge in [0.05, 0.1) is 0 Å². The summed E-state index contributed by atoms with van der Waals surface area (Å²) in [6, 6.07) is 18.9. The van der Waals surface area contributed by atoms with E-state index >= 15 is 0 Å². The zero-order valence-corrected chi connectivity index (χ0v) is 19.4. The van der Waals surface area contributed by atoms with Gasteiger partial charge < -0.3 is 9.80 Å². The first-order valence-electron chi connectivity index (χ1n) is 12.0. The summed E-state index contributed by atoms with van der Waals surface area (Å²) in [6.07, 6.45) is 0. The van der Waals surface area contributed by atoms with Crippen LogP contribution in [0, 0.1) is 23.4 Å². The van der Waals surface area contributed by atoms with Gasteiger partial charge in [-0.2, -0.15) is 0 Å². The van der Waals surface area contributed by atoms with Crippen molar-refractivity contribution in [2.75, 3.05) is 50.7 Å². The number of carbonyl (C=O) groups excluding carboxylic acids is 1. The number of likely N-dealkylation sites (tertiary alicyclic amines) is 1. The molecule has 0 bridgehead atoms. The number of piperazine rings is 1. The van der Waals surface area contributed by atoms with Crippen molar-refractivity contribution >= 4 is 11.6 Å². The predicted octanol–water partition coefficient (Wildman–Crippen LogP) is 4.78. The number of hydrogen-bond donors (Lipinski definition) is 0. The van der Waals surface area contributed by atoms with Crippen molar-refractivity contribution in [3.8, 4) is 0 Å². The molecule has 1 amide bonds. The van der Waals surface area contributed by atoms with Gasteiger partial charge in [0.25, 0.3) is 5.91 Å². The molecule has 0 spiro atoms. The van der Waals surface area contributed by atoms with E-state index in [0.29, 0.717) is 18.7 Å². The lowest BCUT2D eigenvalue weighted by Gasteiger charge is -2.37. The van der Waals surface area contributed by atoms with E-state index in [1.54, 1.807) is 41.3 Å². The zero-order chi connectivity index (χ0) is 24.4. The first-order valence-corrected chi connectivity index (χ1v) is 12.0. The van der Waals surface area contributed by atoms with Gasteiger partial charge in [0.1, 0.15) is 17.5 Å². The molecule has 35 heavy (non-hydrogen) atoms. The molecule has 2 atom stereocenters. The maximum atomic E-state index is 14.0. The SMILES string of the molecule is O=C(c1cccc(F)c1)N1C[C@@H](CN2CCN(c3ccc(F)cc3)CC2)[C@H](c2cccc(F)c2)C1. The Hall–Kier alpha value is -3.32. The predicted molar refractivity (Wildman–Crippen MR) is 130 cm³/mol. The highest BCUT2D eigenvalue weighted by molar-refractivity contribution is 5.94. The van der Waals surface area contributed by atoms with E-state index in [1.165, 1.54) is 30.3 Å². The molecule has 0 aliphatic carbocycles. The Morgan fingerprint density at radius 2 is 1.46 bits per heavy atom. The first-order chi connectivity index (χ1) is 17.0. The summed E-state index contributed by atoms with van der Waals surface area (Å²) < 4.78 is 41.0. The van der Waals surface area contributed by atoms with Gasteiger partial charge in [-0.1, -0.05) is 18.2 Å². The molecule has 3 aromatic carbocycles. The summed E-state index contributed by atoms with van der Waals surface area (Å²) in [5, 5.41) is 0. The Balaban J connectivity index is 1.29. The van der Waals surface area contributed by atoms with Crippen LogP contribution in [-0.2, 0) is 0 Å². The maximum Gasteiger partial charge on any atom is 0.253 e. The third-order valence-corrected chi connectivity index (χ3v) is 7.13. The lowest BCUT2D eigenvalue weighted by Crippen LogP contribution is -2.48. The van der Waals surface area contributed by atoms with Gasteiger partial charge >= 0.3 is 0 Å². The molecule has 2 fully saturated rings. The molecule has 2 heterocycles. The van der Waals surface area contributed by atoms with Gasteiger partial charge in [-0.3, -0.25) is 9.69 Å². The number of benzene rings is 3. The average Bonchev–Trinajstić information content (AvgIpc) is 3.28. The quantitative estimate of drug-likeness (QED) is 0.527. The van der Waals surface area contributed by atoms with E-state index in [-0.39, 0.29) is 29.4 Å². The van der Waals surface area contributed by atoms with Gasteiger partial charge in [0, 0.05) is 63.0 Å². The highest BCUT2D eigenvalue weighted by Crippen LogP contribution is 2.35. The van der Waals surface area contributed by atoms with E-state index in [1.807, 2.05) is 6.07 Å². The molecule has 2 saturated heterocycles. The Morgan fingerprint density at radius 1 is 0.771 bits per heavy atom. The van der Waals surface area contributed by atoms with E-state index in [9.17, 15) is 18.0 Å². The summed E-state index contributed by atoms with van der Waals surface area (Å²) in [5.41, 5.74) is 2.22. The van der Waals surface area contributed by atoms with Gasteiger partial charge in [-0.25, -0.2) is 13.2 Å². The van der Waals surface area contributed by atoms with Crippen LogP contribution in [0.2, 0.25) is 0 Å². The Labute approximate surface area is 203 Å². The minimum atomic E-state index is -0.438. The molecule has 4 nitrogen and oxygen atoms in total. The summed E-state index contributed by atoms with van der Waals surface area (Å²) in [4.78, 5) is 19.5. The smallest absolute Gasteiger partial charge is 0.253 e. The second-order valence-electron chi connectivity index (χ2n) is 9.41. The van der Waals surface area contributed by atoms with Crippen LogP contribution in [0.3, 0.4) is 0 Å². The standard InChI is InChI=1S/C28H28F3N3O/c29-23-7-9-26(10-8-23)33-13-11-32(12-14-33)17-22-18-34(28(35)21-4-2-6-25(31)16-21)19-27(22)20-3-1-5-24(30)15-20/h1-10,15-16,22,27H,11-14,17-19H2/t22-,27+/m1/s1. The van der Waals surface area contributed by atoms with Crippen molar-refractivity contribution in [1.82, 2.24) is 9.80 Å². The number of anilines is 1. The Bertz CT molecular complexity index is 1180. The largest absolute Gasteiger partial charge is 0.369 e. The molecule has 0 saturated carbocycles. The molecular formula is C28H28F3N3O. The summed E-state index contributed by atoms with van der Waals surface area (Å²) in [7, 11) is 0. The third kappa shape index (κ3) is 5.35. The van der Waals surface area contributed by atoms with Crippen molar-refractivity contribution in [3.63, 3.8) is 0 Å². The Kier molecular flexibility index (Phi) is 6.77. The van der Waals surface area contributed by atoms with Crippen LogP contribution in [0.5, 0.6) is 0 Å². The fourth-order valence-corrected chi connectivity index (χ4v) is 5.31.